The monoisotopic (exact) mass is 866 g/mol. The van der Waals surface area contributed by atoms with Crippen molar-refractivity contribution >= 4 is 29.2 Å². The van der Waals surface area contributed by atoms with Crippen LogP contribution in [-0.4, -0.2) is 68.6 Å². The number of carbonyl (C=O) groups is 1. The lowest BCUT2D eigenvalue weighted by molar-refractivity contribution is -0.155. The van der Waals surface area contributed by atoms with Gasteiger partial charge in [0, 0.05) is 48.4 Å². The number of nitrogens with one attached hydrogen (secondary N) is 1. The number of ether oxygens (including phenoxy) is 3. The van der Waals surface area contributed by atoms with Crippen molar-refractivity contribution in [3.05, 3.63) is 105 Å². The van der Waals surface area contributed by atoms with Crippen LogP contribution in [0.3, 0.4) is 0 Å². The van der Waals surface area contributed by atoms with Gasteiger partial charge in [-0.25, -0.2) is 0 Å². The topological polar surface area (TPSA) is 138 Å². The minimum atomic E-state index is -0.460. The molecule has 4 heterocycles. The molecule has 14 heteroatoms. The van der Waals surface area contributed by atoms with E-state index in [9.17, 15) is 4.79 Å². The van der Waals surface area contributed by atoms with Gasteiger partial charge in [0.1, 0.15) is 17.1 Å². The Morgan fingerprint density at radius 3 is 1.84 bits per heavy atom. The van der Waals surface area contributed by atoms with Gasteiger partial charge in [0.15, 0.2) is 0 Å². The minimum Gasteiger partial charge on any atom is -0.489 e. The van der Waals surface area contributed by atoms with Gasteiger partial charge in [-0.2, -0.15) is 9.97 Å². The first-order valence-corrected chi connectivity index (χ1v) is 21.4. The lowest BCUT2D eigenvalue weighted by Gasteiger charge is -2.29. The van der Waals surface area contributed by atoms with Gasteiger partial charge in [0.25, 0.3) is 11.8 Å². The predicted molar refractivity (Wildman–Crippen MR) is 237 cm³/mol. The van der Waals surface area contributed by atoms with Gasteiger partial charge in [0.05, 0.1) is 28.7 Å². The molecule has 8 rings (SSSR count). The molecule has 0 spiro atoms. The molecule has 0 aliphatic carbocycles. The van der Waals surface area contributed by atoms with Crippen molar-refractivity contribution in [1.29, 1.82) is 0 Å². The summed E-state index contributed by atoms with van der Waals surface area (Å²) in [6.45, 7) is 17.6. The molecule has 0 bridgehead atoms. The van der Waals surface area contributed by atoms with Gasteiger partial charge in [-0.3, -0.25) is 9.69 Å². The fraction of sp³-hybridized carbons (Fsp3) is 0.383. The summed E-state index contributed by atoms with van der Waals surface area (Å²) in [6, 6.07) is 23.3. The number of halogens is 2. The molecule has 0 saturated heterocycles. The standard InChI is InChI=1S/C27H32ClN3O4.C20H20ClN3O2/c1-17(2)33-23-10-9-18(15-22(23)28)25-29-26(35-30-25)21-8-6-7-19-16-31(13-11-20(19)21)14-12-24(32)34-27(3,4)5;1-12(2)25-18-7-6-13(10-17(18)21)19-23-20(26-24-19)16-5-3-4-14-11-22-9-8-15(14)16/h6-10,15,17H,11-14,16H2,1-5H3;3-7,10,12,22H,8-9,11H2,1-2H3. The van der Waals surface area contributed by atoms with E-state index in [-0.39, 0.29) is 18.2 Å². The molecule has 2 aromatic heterocycles. The van der Waals surface area contributed by atoms with Gasteiger partial charge >= 0.3 is 5.97 Å². The van der Waals surface area contributed by atoms with Crippen LogP contribution in [0.25, 0.3) is 45.7 Å². The molecule has 0 saturated carbocycles. The van der Waals surface area contributed by atoms with E-state index in [0.29, 0.717) is 57.9 Å². The number of rotatable bonds is 11. The number of nitrogens with zero attached hydrogens (tertiary/aromatic N) is 5. The van der Waals surface area contributed by atoms with Crippen molar-refractivity contribution in [2.75, 3.05) is 19.6 Å². The molecule has 0 atom stereocenters. The number of fused-ring (bicyclic) bond motifs is 2. The Labute approximate surface area is 366 Å². The van der Waals surface area contributed by atoms with Crippen LogP contribution >= 0.6 is 23.2 Å². The van der Waals surface area contributed by atoms with Crippen molar-refractivity contribution in [3.8, 4) is 57.2 Å². The fourth-order valence-corrected chi connectivity index (χ4v) is 7.76. The Morgan fingerprint density at radius 2 is 1.31 bits per heavy atom. The summed E-state index contributed by atoms with van der Waals surface area (Å²) >= 11 is 12.7. The second-order valence-corrected chi connectivity index (χ2v) is 17.5. The Bertz CT molecular complexity index is 2470. The average Bonchev–Trinajstić information content (AvgIpc) is 3.92. The molecule has 12 nitrogen and oxygen atoms in total. The Kier molecular flexibility index (Phi) is 13.8. The van der Waals surface area contributed by atoms with E-state index >= 15 is 0 Å². The van der Waals surface area contributed by atoms with Gasteiger partial charge < -0.3 is 28.6 Å². The molecule has 0 radical (unpaired) electrons. The molecule has 2 aliphatic heterocycles. The summed E-state index contributed by atoms with van der Waals surface area (Å²) in [4.78, 5) is 23.6. The van der Waals surface area contributed by atoms with Crippen molar-refractivity contribution in [2.45, 2.75) is 98.6 Å². The summed E-state index contributed by atoms with van der Waals surface area (Å²) in [7, 11) is 0. The normalized spacial score (nSPS) is 14.0. The SMILES string of the molecule is CC(C)Oc1ccc(-c2noc(-c3cccc4c3CCN(CCC(=O)OC(C)(C)C)C4)n2)cc1Cl.CC(C)Oc1ccc(-c2noc(-c3cccc4c3CCNC4)n2)cc1Cl. The largest absolute Gasteiger partial charge is 0.489 e. The summed E-state index contributed by atoms with van der Waals surface area (Å²) in [5.74, 6) is 3.13. The highest BCUT2D eigenvalue weighted by Crippen LogP contribution is 2.35. The lowest BCUT2D eigenvalue weighted by Crippen LogP contribution is -2.34. The number of benzene rings is 4. The van der Waals surface area contributed by atoms with Crippen LogP contribution in [0.5, 0.6) is 11.5 Å². The number of aromatic nitrogens is 4. The first kappa shape index (κ1) is 43.8. The number of hydrogen-bond acceptors (Lipinski definition) is 12. The van der Waals surface area contributed by atoms with E-state index in [4.69, 9.17) is 46.5 Å². The molecule has 0 fully saturated rings. The highest BCUT2D eigenvalue weighted by molar-refractivity contribution is 6.32. The van der Waals surface area contributed by atoms with Crippen LogP contribution in [0.1, 0.15) is 77.1 Å². The number of carbonyl (C=O) groups excluding carboxylic acids is 1. The number of esters is 1. The van der Waals surface area contributed by atoms with Gasteiger partial charge in [-0.05, 0) is 139 Å². The Balaban J connectivity index is 0.000000192. The van der Waals surface area contributed by atoms with Crippen molar-refractivity contribution in [2.24, 2.45) is 0 Å². The van der Waals surface area contributed by atoms with Gasteiger partial charge in [0.2, 0.25) is 11.6 Å². The van der Waals surface area contributed by atoms with E-state index in [1.54, 1.807) is 12.1 Å². The molecule has 0 unspecified atom stereocenters. The first-order valence-electron chi connectivity index (χ1n) is 20.7. The molecule has 0 amide bonds. The maximum Gasteiger partial charge on any atom is 0.307 e. The summed E-state index contributed by atoms with van der Waals surface area (Å²) in [5.41, 5.74) is 8.02. The van der Waals surface area contributed by atoms with E-state index in [1.165, 1.54) is 22.3 Å². The molecule has 320 valence electrons. The zero-order valence-corrected chi connectivity index (χ0v) is 37.2. The zero-order chi connectivity index (χ0) is 43.3. The maximum atomic E-state index is 12.1. The second kappa shape index (κ2) is 19.2. The molecule has 1 N–H and O–H groups in total. The molecular formula is C47H52Cl2N6O6. The van der Waals surface area contributed by atoms with E-state index in [0.717, 1.165) is 61.3 Å². The predicted octanol–water partition coefficient (Wildman–Crippen LogP) is 10.4. The summed E-state index contributed by atoms with van der Waals surface area (Å²) in [5, 5.41) is 12.8. The Morgan fingerprint density at radius 1 is 0.770 bits per heavy atom. The summed E-state index contributed by atoms with van der Waals surface area (Å²) < 4.78 is 28.0. The van der Waals surface area contributed by atoms with E-state index in [1.807, 2.05) is 97.0 Å². The molecular weight excluding hydrogens is 815 g/mol. The highest BCUT2D eigenvalue weighted by atomic mass is 35.5. The van der Waals surface area contributed by atoms with Crippen LogP contribution in [0, 0.1) is 0 Å². The van der Waals surface area contributed by atoms with Crippen LogP contribution in [0.15, 0.2) is 81.8 Å². The van der Waals surface area contributed by atoms with Gasteiger partial charge in [-0.15, -0.1) is 0 Å². The third kappa shape index (κ3) is 11.2. The third-order valence-electron chi connectivity index (χ3n) is 9.96. The maximum absolute atomic E-state index is 12.1. The van der Waals surface area contributed by atoms with E-state index in [2.05, 4.69) is 42.6 Å². The molecule has 4 aromatic carbocycles. The number of hydrogen-bond donors (Lipinski definition) is 1. The smallest absolute Gasteiger partial charge is 0.307 e. The minimum absolute atomic E-state index is 0.0348. The molecule has 6 aromatic rings. The van der Waals surface area contributed by atoms with Gasteiger partial charge in [-0.1, -0.05) is 57.8 Å². The highest BCUT2D eigenvalue weighted by Gasteiger charge is 2.24. The average molecular weight is 868 g/mol. The lowest BCUT2D eigenvalue weighted by atomic mass is 9.94. The third-order valence-corrected chi connectivity index (χ3v) is 10.5. The van der Waals surface area contributed by atoms with Crippen LogP contribution < -0.4 is 14.8 Å². The molecule has 61 heavy (non-hydrogen) atoms. The quantitative estimate of drug-likeness (QED) is 0.124. The first-order chi connectivity index (χ1) is 29.2. The fourth-order valence-electron chi connectivity index (χ4n) is 7.31. The second-order valence-electron chi connectivity index (χ2n) is 16.6. The van der Waals surface area contributed by atoms with Crippen LogP contribution in [0.4, 0.5) is 0 Å². The van der Waals surface area contributed by atoms with Crippen LogP contribution in [-0.2, 0) is 35.5 Å². The molecule has 2 aliphatic rings. The van der Waals surface area contributed by atoms with Crippen molar-refractivity contribution in [1.82, 2.24) is 30.5 Å². The van der Waals surface area contributed by atoms with E-state index < -0.39 is 5.60 Å². The Hall–Kier alpha value is -5.27. The van der Waals surface area contributed by atoms with Crippen molar-refractivity contribution < 1.29 is 28.1 Å². The van der Waals surface area contributed by atoms with Crippen molar-refractivity contribution in [3.63, 3.8) is 0 Å². The zero-order valence-electron chi connectivity index (χ0n) is 35.7. The summed E-state index contributed by atoms with van der Waals surface area (Å²) in [6.07, 6.45) is 2.27. The van der Waals surface area contributed by atoms with Crippen LogP contribution in [0.2, 0.25) is 10.0 Å².